The number of para-hydroxylation sites is 1. The zero-order chi connectivity index (χ0) is 20.2. The van der Waals surface area contributed by atoms with Crippen LogP contribution in [0, 0.1) is 6.92 Å². The number of aryl methyl sites for hydroxylation is 1. The Morgan fingerprint density at radius 1 is 1.21 bits per heavy atom. The fourth-order valence-corrected chi connectivity index (χ4v) is 3.65. The summed E-state index contributed by atoms with van der Waals surface area (Å²) in [7, 11) is 0. The Bertz CT molecular complexity index is 1130. The van der Waals surface area contributed by atoms with Crippen molar-refractivity contribution >= 4 is 23.4 Å². The number of halogens is 1. The van der Waals surface area contributed by atoms with Crippen molar-refractivity contribution in [2.45, 2.75) is 24.8 Å². The molecule has 0 bridgehead atoms. The average Bonchev–Trinajstić information content (AvgIpc) is 3.38. The third-order valence-electron chi connectivity index (χ3n) is 4.17. The van der Waals surface area contributed by atoms with E-state index in [1.807, 2.05) is 60.9 Å². The number of thioether (sulfide) groups is 1. The molecule has 2 aromatic carbocycles. The van der Waals surface area contributed by atoms with Crippen molar-refractivity contribution in [2.75, 3.05) is 6.61 Å². The molecule has 0 unspecified atom stereocenters. The van der Waals surface area contributed by atoms with E-state index in [9.17, 15) is 0 Å². The zero-order valence-corrected chi connectivity index (χ0v) is 17.4. The summed E-state index contributed by atoms with van der Waals surface area (Å²) in [6.45, 7) is 4.47. The summed E-state index contributed by atoms with van der Waals surface area (Å²) in [6.07, 6.45) is 1.65. The molecular formula is C20H18ClN5O2S. The first-order valence-corrected chi connectivity index (χ1v) is 10.4. The molecule has 2 heterocycles. The van der Waals surface area contributed by atoms with E-state index in [0.717, 1.165) is 22.6 Å². The highest BCUT2D eigenvalue weighted by Gasteiger charge is 2.15. The number of rotatable bonds is 7. The van der Waals surface area contributed by atoms with Crippen LogP contribution < -0.4 is 4.74 Å². The molecule has 148 valence electrons. The minimum atomic E-state index is 0.460. The van der Waals surface area contributed by atoms with Gasteiger partial charge in [0.05, 0.1) is 23.6 Å². The van der Waals surface area contributed by atoms with E-state index in [1.54, 1.807) is 6.33 Å². The second kappa shape index (κ2) is 8.67. The molecule has 0 atom stereocenters. The molecule has 0 saturated carbocycles. The molecule has 0 radical (unpaired) electrons. The lowest BCUT2D eigenvalue weighted by atomic mass is 10.2. The van der Waals surface area contributed by atoms with Gasteiger partial charge in [-0.1, -0.05) is 46.7 Å². The molecule has 0 aliphatic carbocycles. The number of ether oxygens (including phenoxy) is 1. The van der Waals surface area contributed by atoms with E-state index < -0.39 is 0 Å². The van der Waals surface area contributed by atoms with Gasteiger partial charge in [0, 0.05) is 5.02 Å². The van der Waals surface area contributed by atoms with Gasteiger partial charge in [-0.15, -0.1) is 10.2 Å². The van der Waals surface area contributed by atoms with Crippen molar-refractivity contribution in [3.63, 3.8) is 0 Å². The Morgan fingerprint density at radius 2 is 2.07 bits per heavy atom. The van der Waals surface area contributed by atoms with E-state index in [0.29, 0.717) is 34.3 Å². The highest BCUT2D eigenvalue weighted by molar-refractivity contribution is 7.98. The molecule has 7 nitrogen and oxygen atoms in total. The smallest absolute Gasteiger partial charge is 0.237 e. The van der Waals surface area contributed by atoms with Gasteiger partial charge in [-0.25, -0.2) is 0 Å². The highest BCUT2D eigenvalue weighted by atomic mass is 35.5. The van der Waals surface area contributed by atoms with Crippen LogP contribution in [0.25, 0.3) is 17.1 Å². The van der Waals surface area contributed by atoms with Crippen molar-refractivity contribution in [3.8, 4) is 22.8 Å². The summed E-state index contributed by atoms with van der Waals surface area (Å²) < 4.78 is 12.9. The van der Waals surface area contributed by atoms with Gasteiger partial charge in [0.15, 0.2) is 5.16 Å². The van der Waals surface area contributed by atoms with Gasteiger partial charge in [-0.2, -0.15) is 4.98 Å². The van der Waals surface area contributed by atoms with Crippen molar-refractivity contribution in [1.82, 2.24) is 24.9 Å². The molecule has 4 rings (SSSR count). The van der Waals surface area contributed by atoms with E-state index in [2.05, 4.69) is 20.3 Å². The molecule has 2 aromatic heterocycles. The Balaban J connectivity index is 1.51. The zero-order valence-electron chi connectivity index (χ0n) is 15.9. The van der Waals surface area contributed by atoms with Crippen molar-refractivity contribution in [1.29, 1.82) is 0 Å². The molecule has 0 fully saturated rings. The largest absolute Gasteiger partial charge is 0.493 e. The third kappa shape index (κ3) is 4.28. The minimum Gasteiger partial charge on any atom is -0.493 e. The quantitative estimate of drug-likeness (QED) is 0.385. The highest BCUT2D eigenvalue weighted by Crippen LogP contribution is 2.29. The lowest BCUT2D eigenvalue weighted by molar-refractivity contribution is 0.341. The van der Waals surface area contributed by atoms with Gasteiger partial charge in [0.2, 0.25) is 11.7 Å². The topological polar surface area (TPSA) is 78.9 Å². The van der Waals surface area contributed by atoms with Gasteiger partial charge < -0.3 is 9.26 Å². The van der Waals surface area contributed by atoms with Gasteiger partial charge in [-0.05, 0) is 43.7 Å². The Morgan fingerprint density at radius 3 is 2.90 bits per heavy atom. The van der Waals surface area contributed by atoms with Crippen LogP contribution in [0.15, 0.2) is 58.5 Å². The van der Waals surface area contributed by atoms with Crippen LogP contribution >= 0.6 is 23.4 Å². The number of hydrogen-bond donors (Lipinski definition) is 0. The third-order valence-corrected chi connectivity index (χ3v) is 5.51. The molecule has 29 heavy (non-hydrogen) atoms. The fourth-order valence-electron chi connectivity index (χ4n) is 2.71. The monoisotopic (exact) mass is 427 g/mol. The van der Waals surface area contributed by atoms with E-state index in [-0.39, 0.29) is 0 Å². The summed E-state index contributed by atoms with van der Waals surface area (Å²) in [5.41, 5.74) is 2.71. The summed E-state index contributed by atoms with van der Waals surface area (Å²) >= 11 is 7.70. The van der Waals surface area contributed by atoms with Gasteiger partial charge in [-0.3, -0.25) is 4.57 Å². The van der Waals surface area contributed by atoms with E-state index in [1.165, 1.54) is 11.8 Å². The Hall–Kier alpha value is -2.84. The number of hydrogen-bond acceptors (Lipinski definition) is 7. The lowest BCUT2D eigenvalue weighted by Crippen LogP contribution is -1.96. The SMILES string of the molecule is CCOc1ccccc1-c1noc(CSc2nncn2-c2ccc(C)c(Cl)c2)n1. The maximum absolute atomic E-state index is 6.25. The molecule has 0 amide bonds. The van der Waals surface area contributed by atoms with Crippen molar-refractivity contribution in [3.05, 3.63) is 65.3 Å². The van der Waals surface area contributed by atoms with Crippen LogP contribution in [0.4, 0.5) is 0 Å². The van der Waals surface area contributed by atoms with Gasteiger partial charge >= 0.3 is 0 Å². The summed E-state index contributed by atoms with van der Waals surface area (Å²) in [5, 5.41) is 13.7. The van der Waals surface area contributed by atoms with Crippen LogP contribution in [0.1, 0.15) is 18.4 Å². The van der Waals surface area contributed by atoms with Crippen molar-refractivity contribution < 1.29 is 9.26 Å². The van der Waals surface area contributed by atoms with Crippen LogP contribution in [-0.4, -0.2) is 31.5 Å². The molecule has 0 aliphatic heterocycles. The average molecular weight is 428 g/mol. The maximum atomic E-state index is 6.25. The first kappa shape index (κ1) is 19.5. The van der Waals surface area contributed by atoms with E-state index >= 15 is 0 Å². The van der Waals surface area contributed by atoms with Crippen LogP contribution in [0.3, 0.4) is 0 Å². The number of aromatic nitrogens is 5. The minimum absolute atomic E-state index is 0.460. The van der Waals surface area contributed by atoms with Crippen molar-refractivity contribution in [2.24, 2.45) is 0 Å². The summed E-state index contributed by atoms with van der Waals surface area (Å²) in [4.78, 5) is 4.49. The van der Waals surface area contributed by atoms with Crippen LogP contribution in [0.5, 0.6) is 5.75 Å². The molecule has 0 saturated heterocycles. The number of nitrogens with zero attached hydrogens (tertiary/aromatic N) is 5. The Labute approximate surface area is 177 Å². The predicted octanol–water partition coefficient (Wildman–Crippen LogP) is 4.97. The van der Waals surface area contributed by atoms with Gasteiger partial charge in [0.25, 0.3) is 0 Å². The molecule has 4 aromatic rings. The standard InChI is InChI=1S/C20H18ClN5O2S/c1-3-27-17-7-5-4-6-15(17)19-23-18(28-25-19)11-29-20-24-22-12-26(20)14-9-8-13(2)16(21)10-14/h4-10,12H,3,11H2,1-2H3. The number of benzene rings is 2. The summed E-state index contributed by atoms with van der Waals surface area (Å²) in [5.74, 6) is 2.18. The summed E-state index contributed by atoms with van der Waals surface area (Å²) in [6, 6.07) is 13.5. The lowest BCUT2D eigenvalue weighted by Gasteiger charge is -2.07. The molecule has 0 N–H and O–H groups in total. The maximum Gasteiger partial charge on any atom is 0.237 e. The predicted molar refractivity (Wildman–Crippen MR) is 112 cm³/mol. The second-order valence-electron chi connectivity index (χ2n) is 6.15. The van der Waals surface area contributed by atoms with E-state index in [4.69, 9.17) is 20.9 Å². The molecule has 9 heteroatoms. The first-order valence-electron chi connectivity index (χ1n) is 9.00. The second-order valence-corrected chi connectivity index (χ2v) is 7.50. The van der Waals surface area contributed by atoms with Gasteiger partial charge in [0.1, 0.15) is 12.1 Å². The Kier molecular flexibility index (Phi) is 5.82. The molecule has 0 aliphatic rings. The normalized spacial score (nSPS) is 11.0. The molecular weight excluding hydrogens is 410 g/mol. The van der Waals surface area contributed by atoms with Crippen LogP contribution in [0.2, 0.25) is 5.02 Å². The fraction of sp³-hybridized carbons (Fsp3) is 0.200. The van der Waals surface area contributed by atoms with Crippen LogP contribution in [-0.2, 0) is 5.75 Å². The first-order chi connectivity index (χ1) is 14.2. The molecule has 0 spiro atoms.